The molecule has 1 aliphatic rings. The van der Waals surface area contributed by atoms with Crippen LogP contribution in [0.4, 0.5) is 0 Å². The molecule has 2 heterocycles. The molecule has 3 nitrogen and oxygen atoms in total. The smallest absolute Gasteiger partial charge is 0.112 e. The van der Waals surface area contributed by atoms with E-state index in [4.69, 9.17) is 4.98 Å². The van der Waals surface area contributed by atoms with Crippen molar-refractivity contribution in [2.45, 2.75) is 25.7 Å². The molecule has 0 radical (unpaired) electrons. The number of benzene rings is 1. The Bertz CT molecular complexity index is 582. The second-order valence-corrected chi connectivity index (χ2v) is 6.02. The van der Waals surface area contributed by atoms with Gasteiger partial charge in [-0.1, -0.05) is 0 Å². The Morgan fingerprint density at radius 3 is 2.78 bits per heavy atom. The van der Waals surface area contributed by atoms with Crippen LogP contribution in [0.15, 0.2) is 16.6 Å². The second-order valence-electron chi connectivity index (χ2n) is 5.17. The monoisotopic (exact) mass is 307 g/mol. The van der Waals surface area contributed by atoms with E-state index in [1.807, 2.05) is 0 Å². The van der Waals surface area contributed by atoms with E-state index in [9.17, 15) is 0 Å². The molecule has 0 unspecified atom stereocenters. The van der Waals surface area contributed by atoms with Gasteiger partial charge in [0.05, 0.1) is 5.52 Å². The van der Waals surface area contributed by atoms with E-state index in [2.05, 4.69) is 51.9 Å². The average molecular weight is 308 g/mol. The summed E-state index contributed by atoms with van der Waals surface area (Å²) < 4.78 is 3.37. The number of aromatic nitrogens is 2. The molecule has 0 atom stereocenters. The Kier molecular flexibility index (Phi) is 3.16. The van der Waals surface area contributed by atoms with E-state index in [1.165, 1.54) is 29.7 Å². The summed E-state index contributed by atoms with van der Waals surface area (Å²) in [5.74, 6) is 1.83. The summed E-state index contributed by atoms with van der Waals surface area (Å²) in [6.45, 7) is 4.34. The van der Waals surface area contributed by atoms with Crippen molar-refractivity contribution in [1.29, 1.82) is 0 Å². The number of piperidine rings is 1. The Morgan fingerprint density at radius 1 is 1.33 bits per heavy atom. The van der Waals surface area contributed by atoms with Gasteiger partial charge in [-0.05, 0) is 66.5 Å². The fourth-order valence-corrected chi connectivity index (χ4v) is 3.49. The average Bonchev–Trinajstić information content (AvgIpc) is 2.69. The van der Waals surface area contributed by atoms with Crippen LogP contribution in [0, 0.1) is 6.92 Å². The summed E-state index contributed by atoms with van der Waals surface area (Å²) in [6, 6.07) is 4.36. The van der Waals surface area contributed by atoms with Gasteiger partial charge in [-0.25, -0.2) is 4.98 Å². The van der Waals surface area contributed by atoms with Crippen LogP contribution in [0.25, 0.3) is 11.0 Å². The molecule has 0 saturated carbocycles. The summed E-state index contributed by atoms with van der Waals surface area (Å²) in [6.07, 6.45) is 2.38. The SMILES string of the molecule is Cc1cc(Br)c2nc(C3CCNCC3)n(C)c2c1. The lowest BCUT2D eigenvalue weighted by Gasteiger charge is -2.22. The van der Waals surface area contributed by atoms with E-state index in [0.29, 0.717) is 5.92 Å². The molecule has 96 valence electrons. The van der Waals surface area contributed by atoms with Gasteiger partial charge >= 0.3 is 0 Å². The third kappa shape index (κ3) is 1.97. The number of nitrogens with zero attached hydrogens (tertiary/aromatic N) is 2. The normalized spacial score (nSPS) is 17.5. The predicted octanol–water partition coefficient (Wildman–Crippen LogP) is 3.11. The Balaban J connectivity index is 2.13. The van der Waals surface area contributed by atoms with E-state index in [0.717, 1.165) is 23.1 Å². The highest BCUT2D eigenvalue weighted by Crippen LogP contribution is 2.31. The number of hydrogen-bond acceptors (Lipinski definition) is 2. The zero-order valence-electron chi connectivity index (χ0n) is 10.8. The van der Waals surface area contributed by atoms with Gasteiger partial charge in [-0.3, -0.25) is 0 Å². The number of hydrogen-bond donors (Lipinski definition) is 1. The maximum Gasteiger partial charge on any atom is 0.112 e. The van der Waals surface area contributed by atoms with E-state index < -0.39 is 0 Å². The van der Waals surface area contributed by atoms with Gasteiger partial charge in [0.15, 0.2) is 0 Å². The van der Waals surface area contributed by atoms with Crippen LogP contribution >= 0.6 is 15.9 Å². The molecule has 4 heteroatoms. The van der Waals surface area contributed by atoms with Crippen LogP contribution in [-0.4, -0.2) is 22.6 Å². The third-order valence-electron chi connectivity index (χ3n) is 3.82. The summed E-state index contributed by atoms with van der Waals surface area (Å²) in [5, 5.41) is 3.41. The summed E-state index contributed by atoms with van der Waals surface area (Å²) in [4.78, 5) is 4.86. The van der Waals surface area contributed by atoms with E-state index >= 15 is 0 Å². The molecule has 2 aromatic rings. The van der Waals surface area contributed by atoms with Gasteiger partial charge in [0.25, 0.3) is 0 Å². The van der Waals surface area contributed by atoms with Gasteiger partial charge in [-0.15, -0.1) is 0 Å². The van der Waals surface area contributed by atoms with Crippen LogP contribution in [-0.2, 0) is 7.05 Å². The summed E-state index contributed by atoms with van der Waals surface area (Å²) in [7, 11) is 2.14. The molecule has 1 aromatic carbocycles. The molecule has 18 heavy (non-hydrogen) atoms. The highest BCUT2D eigenvalue weighted by molar-refractivity contribution is 9.10. The lowest BCUT2D eigenvalue weighted by Crippen LogP contribution is -2.27. The van der Waals surface area contributed by atoms with Crippen molar-refractivity contribution in [2.75, 3.05) is 13.1 Å². The molecular weight excluding hydrogens is 290 g/mol. The van der Waals surface area contributed by atoms with Crippen LogP contribution in [0.3, 0.4) is 0 Å². The number of rotatable bonds is 1. The second kappa shape index (κ2) is 4.67. The molecule has 0 spiro atoms. The lowest BCUT2D eigenvalue weighted by molar-refractivity contribution is 0.438. The first-order chi connectivity index (χ1) is 8.66. The van der Waals surface area contributed by atoms with Gasteiger partial charge in [0, 0.05) is 17.4 Å². The van der Waals surface area contributed by atoms with Crippen molar-refractivity contribution in [2.24, 2.45) is 7.05 Å². The summed E-state index contributed by atoms with van der Waals surface area (Å²) >= 11 is 3.63. The fraction of sp³-hybridized carbons (Fsp3) is 0.500. The largest absolute Gasteiger partial charge is 0.331 e. The molecular formula is C14H18BrN3. The first kappa shape index (κ1) is 12.2. The highest BCUT2D eigenvalue weighted by atomic mass is 79.9. The molecule has 1 aromatic heterocycles. The molecule has 1 aliphatic heterocycles. The van der Waals surface area contributed by atoms with Crippen molar-refractivity contribution in [3.05, 3.63) is 28.0 Å². The van der Waals surface area contributed by atoms with Gasteiger partial charge < -0.3 is 9.88 Å². The van der Waals surface area contributed by atoms with Crippen molar-refractivity contribution in [1.82, 2.24) is 14.9 Å². The molecule has 0 amide bonds. The number of nitrogens with one attached hydrogen (secondary N) is 1. The molecule has 1 N–H and O–H groups in total. The van der Waals surface area contributed by atoms with Crippen molar-refractivity contribution in [3.8, 4) is 0 Å². The maximum absolute atomic E-state index is 4.86. The summed E-state index contributed by atoms with van der Waals surface area (Å²) in [5.41, 5.74) is 3.60. The fourth-order valence-electron chi connectivity index (χ4n) is 2.84. The first-order valence-electron chi connectivity index (χ1n) is 6.50. The number of imidazole rings is 1. The number of aryl methyl sites for hydroxylation is 2. The first-order valence-corrected chi connectivity index (χ1v) is 7.29. The zero-order valence-corrected chi connectivity index (χ0v) is 12.4. The van der Waals surface area contributed by atoms with E-state index in [-0.39, 0.29) is 0 Å². The van der Waals surface area contributed by atoms with Crippen molar-refractivity contribution >= 4 is 27.0 Å². The minimum atomic E-state index is 0.593. The lowest BCUT2D eigenvalue weighted by atomic mass is 9.97. The van der Waals surface area contributed by atoms with Gasteiger partial charge in [0.1, 0.15) is 11.3 Å². The van der Waals surface area contributed by atoms with E-state index in [1.54, 1.807) is 0 Å². The molecule has 3 rings (SSSR count). The number of fused-ring (bicyclic) bond motifs is 1. The van der Waals surface area contributed by atoms with Crippen LogP contribution in [0.5, 0.6) is 0 Å². The molecule has 1 saturated heterocycles. The molecule has 1 fully saturated rings. The van der Waals surface area contributed by atoms with Crippen molar-refractivity contribution < 1.29 is 0 Å². The Morgan fingerprint density at radius 2 is 2.06 bits per heavy atom. The third-order valence-corrected chi connectivity index (χ3v) is 4.43. The van der Waals surface area contributed by atoms with Crippen LogP contribution in [0.2, 0.25) is 0 Å². The minimum absolute atomic E-state index is 0.593. The molecule has 0 aliphatic carbocycles. The highest BCUT2D eigenvalue weighted by Gasteiger charge is 2.21. The maximum atomic E-state index is 4.86. The molecule has 0 bridgehead atoms. The predicted molar refractivity (Wildman–Crippen MR) is 78.0 cm³/mol. The number of halogens is 1. The van der Waals surface area contributed by atoms with Gasteiger partial charge in [-0.2, -0.15) is 0 Å². The van der Waals surface area contributed by atoms with Crippen LogP contribution in [0.1, 0.15) is 30.1 Å². The topological polar surface area (TPSA) is 29.9 Å². The quantitative estimate of drug-likeness (QED) is 0.877. The zero-order chi connectivity index (χ0) is 12.7. The minimum Gasteiger partial charge on any atom is -0.331 e. The van der Waals surface area contributed by atoms with Gasteiger partial charge in [0.2, 0.25) is 0 Å². The van der Waals surface area contributed by atoms with Crippen molar-refractivity contribution in [3.63, 3.8) is 0 Å². The van der Waals surface area contributed by atoms with Crippen LogP contribution < -0.4 is 5.32 Å². The Hall–Kier alpha value is -0.870. The Labute approximate surface area is 116 Å². The standard InChI is InChI=1S/C14H18BrN3/c1-9-7-11(15)13-12(8-9)18(2)14(17-13)10-3-5-16-6-4-10/h7-8,10,16H,3-6H2,1-2H3.